The van der Waals surface area contributed by atoms with Crippen LogP contribution in [-0.2, 0) is 16.3 Å². The van der Waals surface area contributed by atoms with Gasteiger partial charge in [0.15, 0.2) is 15.0 Å². The maximum atomic E-state index is 13.4. The third-order valence-corrected chi connectivity index (χ3v) is 8.58. The van der Waals surface area contributed by atoms with Crippen molar-refractivity contribution < 1.29 is 13.2 Å². The first-order valence-corrected chi connectivity index (χ1v) is 14.3. The highest BCUT2D eigenvalue weighted by Crippen LogP contribution is 2.32. The Labute approximate surface area is 193 Å². The van der Waals surface area contributed by atoms with Gasteiger partial charge in [-0.05, 0) is 66.6 Å². The number of rotatable bonds is 7. The van der Waals surface area contributed by atoms with Crippen molar-refractivity contribution in [3.8, 4) is 0 Å². The summed E-state index contributed by atoms with van der Waals surface area (Å²) >= 11 is 4.82. The molecular weight excluding hydrogens is 469 g/mol. The van der Waals surface area contributed by atoms with Crippen LogP contribution in [0.5, 0.6) is 0 Å². The highest BCUT2D eigenvalue weighted by molar-refractivity contribution is 7.98. The molecule has 0 aliphatic carbocycles. The molecule has 9 heteroatoms. The molecule has 0 N–H and O–H groups in total. The number of nitrogens with zero attached hydrogens (tertiary/aromatic N) is 2. The number of aromatic nitrogens is 1. The fraction of sp³-hybridized carbons (Fsp3) is 0.182. The van der Waals surface area contributed by atoms with Crippen LogP contribution in [0.15, 0.2) is 69.8 Å². The highest BCUT2D eigenvalue weighted by Gasteiger charge is 2.22. The van der Waals surface area contributed by atoms with E-state index in [9.17, 15) is 13.2 Å². The Morgan fingerprint density at radius 1 is 1.13 bits per heavy atom. The SMILES string of the molecule is CSc1ccc2nc(N(CCc3cccs3)C(=O)c3ccc(S(C)(=O)=O)cc3)sc2c1. The minimum atomic E-state index is -3.32. The standard InChI is InChI=1S/C22H20N2O3S4/c1-28-17-7-10-19-20(14-17)30-22(23-19)24(12-11-16-4-3-13-29-16)21(25)15-5-8-18(9-6-15)31(2,26)27/h3-10,13-14H,11-12H2,1-2H3. The number of thiazole rings is 1. The quantitative estimate of drug-likeness (QED) is 0.327. The average molecular weight is 489 g/mol. The molecule has 2 aromatic heterocycles. The molecule has 0 aliphatic heterocycles. The molecule has 2 heterocycles. The van der Waals surface area contributed by atoms with Gasteiger partial charge in [-0.15, -0.1) is 23.1 Å². The Balaban J connectivity index is 1.69. The zero-order valence-electron chi connectivity index (χ0n) is 16.9. The summed E-state index contributed by atoms with van der Waals surface area (Å²) in [5.74, 6) is -0.194. The van der Waals surface area contributed by atoms with Crippen LogP contribution in [0.1, 0.15) is 15.2 Å². The number of anilines is 1. The second-order valence-electron chi connectivity index (χ2n) is 6.91. The number of hydrogen-bond acceptors (Lipinski definition) is 7. The molecule has 0 saturated carbocycles. The van der Waals surface area contributed by atoms with Crippen molar-refractivity contribution >= 4 is 65.5 Å². The van der Waals surface area contributed by atoms with Crippen LogP contribution >= 0.6 is 34.4 Å². The van der Waals surface area contributed by atoms with E-state index in [2.05, 4.69) is 12.1 Å². The van der Waals surface area contributed by atoms with E-state index in [1.165, 1.54) is 28.3 Å². The molecule has 0 atom stereocenters. The number of thiophene rings is 1. The molecule has 0 saturated heterocycles. The summed E-state index contributed by atoms with van der Waals surface area (Å²) in [6.07, 6.45) is 3.90. The van der Waals surface area contributed by atoms with Gasteiger partial charge in [-0.2, -0.15) is 0 Å². The third-order valence-electron chi connectivity index (χ3n) is 4.75. The Morgan fingerprint density at radius 3 is 2.55 bits per heavy atom. The van der Waals surface area contributed by atoms with E-state index < -0.39 is 9.84 Å². The van der Waals surface area contributed by atoms with Crippen LogP contribution in [0.4, 0.5) is 5.13 Å². The van der Waals surface area contributed by atoms with Gasteiger partial charge in [-0.3, -0.25) is 9.69 Å². The second kappa shape index (κ2) is 9.12. The molecule has 160 valence electrons. The van der Waals surface area contributed by atoms with Crippen LogP contribution in [-0.4, -0.2) is 38.4 Å². The molecule has 5 nitrogen and oxygen atoms in total. The fourth-order valence-electron chi connectivity index (χ4n) is 3.10. The molecule has 31 heavy (non-hydrogen) atoms. The summed E-state index contributed by atoms with van der Waals surface area (Å²) in [4.78, 5) is 22.3. The van der Waals surface area contributed by atoms with Gasteiger partial charge in [-0.1, -0.05) is 17.4 Å². The van der Waals surface area contributed by atoms with Crippen LogP contribution in [0.25, 0.3) is 10.2 Å². The fourth-order valence-corrected chi connectivity index (χ4v) is 5.97. The number of carbonyl (C=O) groups excluding carboxylic acids is 1. The lowest BCUT2D eigenvalue weighted by Gasteiger charge is -2.20. The molecule has 0 spiro atoms. The number of hydrogen-bond donors (Lipinski definition) is 0. The monoisotopic (exact) mass is 488 g/mol. The zero-order valence-corrected chi connectivity index (χ0v) is 20.2. The Hall–Kier alpha value is -2.20. The second-order valence-corrected chi connectivity index (χ2v) is 11.8. The van der Waals surface area contributed by atoms with Crippen molar-refractivity contribution in [3.05, 3.63) is 70.4 Å². The summed E-state index contributed by atoms with van der Waals surface area (Å²) in [5, 5.41) is 2.66. The predicted molar refractivity (Wildman–Crippen MR) is 131 cm³/mol. The maximum Gasteiger partial charge on any atom is 0.260 e. The first-order chi connectivity index (χ1) is 14.8. The number of amides is 1. The number of sulfone groups is 1. The van der Waals surface area contributed by atoms with E-state index >= 15 is 0 Å². The van der Waals surface area contributed by atoms with Crippen LogP contribution in [0.3, 0.4) is 0 Å². The summed E-state index contributed by atoms with van der Waals surface area (Å²) in [7, 11) is -3.32. The van der Waals surface area contributed by atoms with Gasteiger partial charge in [0.25, 0.3) is 5.91 Å². The lowest BCUT2D eigenvalue weighted by atomic mass is 10.2. The van der Waals surface area contributed by atoms with E-state index in [0.717, 1.165) is 27.8 Å². The first kappa shape index (κ1) is 22.0. The van der Waals surface area contributed by atoms with Crippen LogP contribution < -0.4 is 4.90 Å². The van der Waals surface area contributed by atoms with Crippen LogP contribution in [0.2, 0.25) is 0 Å². The minimum absolute atomic E-state index is 0.193. The Bertz CT molecular complexity index is 1310. The molecule has 0 aliphatic rings. The van der Waals surface area contributed by atoms with Crippen molar-refractivity contribution in [3.63, 3.8) is 0 Å². The van der Waals surface area contributed by atoms with E-state index in [1.807, 2.05) is 29.8 Å². The number of benzene rings is 2. The molecule has 2 aromatic carbocycles. The Morgan fingerprint density at radius 2 is 1.90 bits per heavy atom. The molecule has 0 unspecified atom stereocenters. The molecular formula is C22H20N2O3S4. The number of fused-ring (bicyclic) bond motifs is 1. The normalized spacial score (nSPS) is 11.7. The minimum Gasteiger partial charge on any atom is -0.284 e. The molecule has 0 fully saturated rings. The van der Waals surface area contributed by atoms with Crippen molar-refractivity contribution in [2.24, 2.45) is 0 Å². The molecule has 4 aromatic rings. The van der Waals surface area contributed by atoms with Gasteiger partial charge in [0.05, 0.1) is 15.1 Å². The number of thioether (sulfide) groups is 1. The summed E-state index contributed by atoms with van der Waals surface area (Å²) < 4.78 is 24.5. The summed E-state index contributed by atoms with van der Waals surface area (Å²) in [6.45, 7) is 0.488. The van der Waals surface area contributed by atoms with Crippen LogP contribution in [0, 0.1) is 0 Å². The van der Waals surface area contributed by atoms with E-state index in [1.54, 1.807) is 40.1 Å². The van der Waals surface area contributed by atoms with Crippen molar-refractivity contribution in [2.75, 3.05) is 24.0 Å². The van der Waals surface area contributed by atoms with Crippen molar-refractivity contribution in [2.45, 2.75) is 16.2 Å². The van der Waals surface area contributed by atoms with Crippen molar-refractivity contribution in [1.82, 2.24) is 4.98 Å². The molecule has 1 amide bonds. The van der Waals surface area contributed by atoms with Gasteiger partial charge in [0.2, 0.25) is 0 Å². The van der Waals surface area contributed by atoms with Gasteiger partial charge in [-0.25, -0.2) is 13.4 Å². The van der Waals surface area contributed by atoms with Gasteiger partial charge in [0.1, 0.15) is 0 Å². The Kier molecular flexibility index (Phi) is 6.47. The molecule has 4 rings (SSSR count). The van der Waals surface area contributed by atoms with E-state index in [-0.39, 0.29) is 10.8 Å². The smallest absolute Gasteiger partial charge is 0.260 e. The predicted octanol–water partition coefficient (Wildman–Crippen LogP) is 5.37. The first-order valence-electron chi connectivity index (χ1n) is 9.44. The lowest BCUT2D eigenvalue weighted by Crippen LogP contribution is -2.32. The third kappa shape index (κ3) is 5.01. The lowest BCUT2D eigenvalue weighted by molar-refractivity contribution is 0.0987. The van der Waals surface area contributed by atoms with E-state index in [4.69, 9.17) is 4.98 Å². The van der Waals surface area contributed by atoms with Gasteiger partial charge >= 0.3 is 0 Å². The largest absolute Gasteiger partial charge is 0.284 e. The average Bonchev–Trinajstić information content (AvgIpc) is 3.42. The molecule has 0 radical (unpaired) electrons. The topological polar surface area (TPSA) is 67.3 Å². The maximum absolute atomic E-state index is 13.4. The molecule has 0 bridgehead atoms. The van der Waals surface area contributed by atoms with E-state index in [0.29, 0.717) is 17.2 Å². The van der Waals surface area contributed by atoms with Crippen molar-refractivity contribution in [1.29, 1.82) is 0 Å². The zero-order chi connectivity index (χ0) is 22.0. The summed E-state index contributed by atoms with van der Waals surface area (Å²) in [5.41, 5.74) is 1.29. The summed E-state index contributed by atoms with van der Waals surface area (Å²) in [6, 6.07) is 16.2. The van der Waals surface area contributed by atoms with Gasteiger partial charge in [0, 0.05) is 28.1 Å². The highest BCUT2D eigenvalue weighted by atomic mass is 32.2. The van der Waals surface area contributed by atoms with Gasteiger partial charge < -0.3 is 0 Å². The number of carbonyl (C=O) groups is 1.